The second-order valence-electron chi connectivity index (χ2n) is 4.89. The summed E-state index contributed by atoms with van der Waals surface area (Å²) >= 11 is 0. The van der Waals surface area contributed by atoms with Gasteiger partial charge in [0.1, 0.15) is 0 Å². The molecule has 0 atom stereocenters. The zero-order valence-corrected chi connectivity index (χ0v) is 10.6. The van der Waals surface area contributed by atoms with Gasteiger partial charge in [-0.2, -0.15) is 0 Å². The van der Waals surface area contributed by atoms with E-state index in [2.05, 4.69) is 53.2 Å². The molecule has 0 N–H and O–H groups in total. The maximum absolute atomic E-state index is 2.39. The van der Waals surface area contributed by atoms with Gasteiger partial charge in [-0.1, -0.05) is 27.7 Å². The standard InChI is InChI=1S/C13H23N/c1-8(2)12-10(5)11(6)13(9(3)4)14(12)7/h8-9H,1-7H3. The van der Waals surface area contributed by atoms with E-state index >= 15 is 0 Å². The van der Waals surface area contributed by atoms with Gasteiger partial charge in [0, 0.05) is 18.4 Å². The van der Waals surface area contributed by atoms with Crippen molar-refractivity contribution in [3.63, 3.8) is 0 Å². The molecule has 0 bridgehead atoms. The first-order valence-corrected chi connectivity index (χ1v) is 5.53. The van der Waals surface area contributed by atoms with Gasteiger partial charge in [-0.25, -0.2) is 0 Å². The van der Waals surface area contributed by atoms with E-state index in [1.807, 2.05) is 0 Å². The van der Waals surface area contributed by atoms with Crippen LogP contribution >= 0.6 is 0 Å². The van der Waals surface area contributed by atoms with Crippen LogP contribution in [0.5, 0.6) is 0 Å². The van der Waals surface area contributed by atoms with Crippen molar-refractivity contribution in [1.29, 1.82) is 0 Å². The Balaban J connectivity index is 3.41. The van der Waals surface area contributed by atoms with Crippen molar-refractivity contribution in [2.24, 2.45) is 7.05 Å². The number of hydrogen-bond donors (Lipinski definition) is 0. The molecular formula is C13H23N. The van der Waals surface area contributed by atoms with Gasteiger partial charge in [0.05, 0.1) is 0 Å². The highest BCUT2D eigenvalue weighted by molar-refractivity contribution is 5.39. The second kappa shape index (κ2) is 3.80. The molecule has 1 nitrogen and oxygen atoms in total. The average Bonchev–Trinajstić information content (AvgIpc) is 2.23. The van der Waals surface area contributed by atoms with E-state index < -0.39 is 0 Å². The van der Waals surface area contributed by atoms with Crippen molar-refractivity contribution in [3.05, 3.63) is 22.5 Å². The Labute approximate surface area is 88.1 Å². The van der Waals surface area contributed by atoms with Crippen LogP contribution < -0.4 is 0 Å². The summed E-state index contributed by atoms with van der Waals surface area (Å²) in [6.07, 6.45) is 0. The van der Waals surface area contributed by atoms with Crippen molar-refractivity contribution in [3.8, 4) is 0 Å². The third-order valence-corrected chi connectivity index (χ3v) is 3.15. The predicted octanol–water partition coefficient (Wildman–Crippen LogP) is 3.89. The quantitative estimate of drug-likeness (QED) is 0.671. The zero-order chi connectivity index (χ0) is 11.0. The lowest BCUT2D eigenvalue weighted by Gasteiger charge is -2.13. The summed E-state index contributed by atoms with van der Waals surface area (Å²) in [4.78, 5) is 0. The van der Waals surface area contributed by atoms with E-state index in [4.69, 9.17) is 0 Å². The molecule has 0 saturated carbocycles. The van der Waals surface area contributed by atoms with Gasteiger partial charge < -0.3 is 4.57 Å². The maximum atomic E-state index is 2.39. The Hall–Kier alpha value is -0.720. The van der Waals surface area contributed by atoms with Gasteiger partial charge in [0.2, 0.25) is 0 Å². The van der Waals surface area contributed by atoms with Crippen molar-refractivity contribution < 1.29 is 0 Å². The molecule has 0 aliphatic carbocycles. The van der Waals surface area contributed by atoms with Crippen LogP contribution in [-0.2, 0) is 7.05 Å². The zero-order valence-electron chi connectivity index (χ0n) is 10.6. The number of nitrogens with zero attached hydrogens (tertiary/aromatic N) is 1. The molecule has 80 valence electrons. The first-order chi connectivity index (χ1) is 6.37. The van der Waals surface area contributed by atoms with Gasteiger partial charge in [-0.05, 0) is 36.8 Å². The van der Waals surface area contributed by atoms with E-state index in [0.717, 1.165) is 0 Å². The lowest BCUT2D eigenvalue weighted by atomic mass is 10.0. The Morgan fingerprint density at radius 1 is 0.786 bits per heavy atom. The molecule has 1 heterocycles. The van der Waals surface area contributed by atoms with Crippen molar-refractivity contribution in [2.45, 2.75) is 53.4 Å². The van der Waals surface area contributed by atoms with Crippen LogP contribution in [-0.4, -0.2) is 4.57 Å². The molecule has 0 radical (unpaired) electrons. The lowest BCUT2D eigenvalue weighted by molar-refractivity contribution is 0.674. The van der Waals surface area contributed by atoms with Crippen LogP contribution in [0.2, 0.25) is 0 Å². The molecule has 0 aliphatic rings. The van der Waals surface area contributed by atoms with Gasteiger partial charge in [-0.15, -0.1) is 0 Å². The van der Waals surface area contributed by atoms with Crippen LogP contribution in [0.15, 0.2) is 0 Å². The van der Waals surface area contributed by atoms with Gasteiger partial charge >= 0.3 is 0 Å². The van der Waals surface area contributed by atoms with E-state index in [-0.39, 0.29) is 0 Å². The Morgan fingerprint density at radius 3 is 1.21 bits per heavy atom. The second-order valence-corrected chi connectivity index (χ2v) is 4.89. The monoisotopic (exact) mass is 193 g/mol. The van der Waals surface area contributed by atoms with Crippen molar-refractivity contribution >= 4 is 0 Å². The topological polar surface area (TPSA) is 4.93 Å². The largest absolute Gasteiger partial charge is 0.351 e. The minimum Gasteiger partial charge on any atom is -0.351 e. The Bertz CT molecular complexity index is 298. The molecule has 0 unspecified atom stereocenters. The number of hydrogen-bond acceptors (Lipinski definition) is 0. The Morgan fingerprint density at radius 2 is 1.07 bits per heavy atom. The van der Waals surface area contributed by atoms with Crippen molar-refractivity contribution in [1.82, 2.24) is 4.57 Å². The molecule has 1 heteroatoms. The number of aromatic nitrogens is 1. The number of rotatable bonds is 2. The summed E-state index contributed by atoms with van der Waals surface area (Å²) in [5.41, 5.74) is 5.94. The molecule has 0 aromatic carbocycles. The van der Waals surface area contributed by atoms with Crippen LogP contribution in [0.1, 0.15) is 62.0 Å². The highest BCUT2D eigenvalue weighted by atomic mass is 15.0. The van der Waals surface area contributed by atoms with E-state index in [1.54, 1.807) is 0 Å². The average molecular weight is 193 g/mol. The maximum Gasteiger partial charge on any atom is 0.0232 e. The highest BCUT2D eigenvalue weighted by Crippen LogP contribution is 2.30. The van der Waals surface area contributed by atoms with Crippen LogP contribution in [0.3, 0.4) is 0 Å². The molecule has 0 saturated heterocycles. The third-order valence-electron chi connectivity index (χ3n) is 3.15. The lowest BCUT2D eigenvalue weighted by Crippen LogP contribution is -2.04. The van der Waals surface area contributed by atoms with Crippen LogP contribution in [0, 0.1) is 13.8 Å². The van der Waals surface area contributed by atoms with Gasteiger partial charge in [0.15, 0.2) is 0 Å². The summed E-state index contributed by atoms with van der Waals surface area (Å²) in [6, 6.07) is 0. The molecule has 0 fully saturated rings. The molecular weight excluding hydrogens is 170 g/mol. The molecule has 1 aromatic heterocycles. The van der Waals surface area contributed by atoms with Crippen LogP contribution in [0.25, 0.3) is 0 Å². The summed E-state index contributed by atoms with van der Waals surface area (Å²) in [7, 11) is 2.20. The molecule has 1 rings (SSSR count). The smallest absolute Gasteiger partial charge is 0.0232 e. The van der Waals surface area contributed by atoms with E-state index in [9.17, 15) is 0 Å². The minimum absolute atomic E-state index is 0.617. The fourth-order valence-corrected chi connectivity index (χ4v) is 2.66. The van der Waals surface area contributed by atoms with E-state index in [1.165, 1.54) is 22.5 Å². The van der Waals surface area contributed by atoms with Crippen LogP contribution in [0.4, 0.5) is 0 Å². The van der Waals surface area contributed by atoms with E-state index in [0.29, 0.717) is 11.8 Å². The molecule has 14 heavy (non-hydrogen) atoms. The minimum atomic E-state index is 0.617. The molecule has 1 aromatic rings. The van der Waals surface area contributed by atoms with Crippen molar-refractivity contribution in [2.75, 3.05) is 0 Å². The SMILES string of the molecule is Cc1c(C)c(C(C)C)n(C)c1C(C)C. The summed E-state index contributed by atoms with van der Waals surface area (Å²) in [5.74, 6) is 1.23. The molecule has 0 aliphatic heterocycles. The summed E-state index contributed by atoms with van der Waals surface area (Å²) in [6.45, 7) is 13.6. The molecule has 0 spiro atoms. The highest BCUT2D eigenvalue weighted by Gasteiger charge is 2.18. The Kier molecular flexibility index (Phi) is 3.08. The van der Waals surface area contributed by atoms with Gasteiger partial charge in [0.25, 0.3) is 0 Å². The summed E-state index contributed by atoms with van der Waals surface area (Å²) in [5, 5.41) is 0. The van der Waals surface area contributed by atoms with Gasteiger partial charge in [-0.3, -0.25) is 0 Å². The fraction of sp³-hybridized carbons (Fsp3) is 0.692. The third kappa shape index (κ3) is 1.60. The predicted molar refractivity (Wildman–Crippen MR) is 63.1 cm³/mol. The first-order valence-electron chi connectivity index (χ1n) is 5.53. The normalized spacial score (nSPS) is 11.8. The molecule has 0 amide bonds. The fourth-order valence-electron chi connectivity index (χ4n) is 2.66. The first kappa shape index (κ1) is 11.4. The summed E-state index contributed by atoms with van der Waals surface area (Å²) < 4.78 is 2.39.